The summed E-state index contributed by atoms with van der Waals surface area (Å²) >= 11 is 37.5. The fraction of sp³-hybridized carbons (Fsp3) is 0.250. The van der Waals surface area contributed by atoms with Crippen molar-refractivity contribution in [3.63, 3.8) is 0 Å². The summed E-state index contributed by atoms with van der Waals surface area (Å²) in [7, 11) is 0. The second-order valence-electron chi connectivity index (χ2n) is 9.59. The number of amides is 1. The van der Waals surface area contributed by atoms with Crippen molar-refractivity contribution < 1.29 is 23.2 Å². The van der Waals surface area contributed by atoms with Crippen LogP contribution < -0.4 is 5.32 Å². The van der Waals surface area contributed by atoms with Gasteiger partial charge in [-0.25, -0.2) is 8.78 Å². The summed E-state index contributed by atoms with van der Waals surface area (Å²) in [5.41, 5.74) is 1.12. The van der Waals surface area contributed by atoms with E-state index in [1.165, 1.54) is 25.1 Å². The number of carbonyl (C=O) groups excluding carboxylic acids is 3. The fourth-order valence-corrected chi connectivity index (χ4v) is 6.19. The molecule has 12 heteroatoms. The number of hydrogen-bond acceptors (Lipinski definition) is 3. The quantitative estimate of drug-likeness (QED) is 0.148. The van der Waals surface area contributed by atoms with Crippen LogP contribution in [-0.2, 0) is 22.4 Å². The van der Waals surface area contributed by atoms with Gasteiger partial charge in [0.25, 0.3) is 0 Å². The third-order valence-electron chi connectivity index (χ3n) is 6.53. The highest BCUT2D eigenvalue weighted by Gasteiger charge is 2.67. The van der Waals surface area contributed by atoms with Gasteiger partial charge in [0, 0.05) is 36.1 Å². The number of halogens is 8. The minimum atomic E-state index is -1.46. The van der Waals surface area contributed by atoms with Crippen molar-refractivity contribution in [3.8, 4) is 0 Å². The number of ketones is 2. The molecule has 0 heterocycles. The molecule has 4 nitrogen and oxygen atoms in total. The number of aryl methyl sites for hydroxylation is 1. The number of nitrogens with one attached hydrogen (secondary N) is 1. The molecule has 210 valence electrons. The van der Waals surface area contributed by atoms with Crippen molar-refractivity contribution in [1.29, 1.82) is 0 Å². The normalized spacial score (nSPS) is 17.4. The number of anilines is 1. The van der Waals surface area contributed by atoms with Crippen molar-refractivity contribution in [1.82, 2.24) is 0 Å². The zero-order valence-electron chi connectivity index (χ0n) is 20.8. The first kappa shape index (κ1) is 31.0. The standard InChI is InChI=1S/C28H19Cl6F2NO3/c1-11-3-16(37-27(40)24-23(28(24,33)34)15-6-18(29)26(32)19(30)7-15)9-17(25(11)31)22(39)8-14-5-13(4-12(2)38)20(35)10-21(14)36/h3,5-7,9-10,23-24H,4,8H2,1-2H3,(H,37,40)/t23-,24+/m0/s1. The molecule has 0 aliphatic heterocycles. The molecule has 1 N–H and O–H groups in total. The van der Waals surface area contributed by atoms with Crippen LogP contribution in [0.4, 0.5) is 14.5 Å². The molecule has 3 aromatic carbocycles. The Morgan fingerprint density at radius 3 is 2.00 bits per heavy atom. The van der Waals surface area contributed by atoms with Crippen LogP contribution >= 0.6 is 69.6 Å². The predicted octanol–water partition coefficient (Wildman–Crippen LogP) is 8.97. The molecule has 3 aromatic rings. The maximum Gasteiger partial charge on any atom is 0.231 e. The lowest BCUT2D eigenvalue weighted by Gasteiger charge is -2.13. The highest BCUT2D eigenvalue weighted by atomic mass is 35.5. The molecule has 1 aliphatic carbocycles. The van der Waals surface area contributed by atoms with Crippen LogP contribution in [-0.4, -0.2) is 21.8 Å². The summed E-state index contributed by atoms with van der Waals surface area (Å²) in [4.78, 5) is 37.8. The summed E-state index contributed by atoms with van der Waals surface area (Å²) in [5.74, 6) is -4.76. The lowest BCUT2D eigenvalue weighted by atomic mass is 9.97. The minimum absolute atomic E-state index is 0.0143. The van der Waals surface area contributed by atoms with Crippen molar-refractivity contribution in [3.05, 3.63) is 95.9 Å². The topological polar surface area (TPSA) is 63.2 Å². The Hall–Kier alpha value is -1.93. The van der Waals surface area contributed by atoms with E-state index in [1.807, 2.05) is 0 Å². The Bertz CT molecular complexity index is 1550. The number of benzene rings is 3. The van der Waals surface area contributed by atoms with Gasteiger partial charge in [0.1, 0.15) is 21.8 Å². The lowest BCUT2D eigenvalue weighted by molar-refractivity contribution is -0.117. The summed E-state index contributed by atoms with van der Waals surface area (Å²) in [5, 5.41) is 3.33. The molecular formula is C28H19Cl6F2NO3. The maximum absolute atomic E-state index is 14.5. The fourth-order valence-electron chi connectivity index (χ4n) is 4.54. The van der Waals surface area contributed by atoms with Crippen molar-refractivity contribution in [2.45, 2.75) is 36.9 Å². The van der Waals surface area contributed by atoms with E-state index < -0.39 is 45.9 Å². The second-order valence-corrected chi connectivity index (χ2v) is 12.6. The molecule has 0 aromatic heterocycles. The van der Waals surface area contributed by atoms with Crippen LogP contribution in [0.15, 0.2) is 36.4 Å². The van der Waals surface area contributed by atoms with Crippen LogP contribution in [0.1, 0.15) is 45.5 Å². The van der Waals surface area contributed by atoms with Gasteiger partial charge in [-0.2, -0.15) is 0 Å². The summed E-state index contributed by atoms with van der Waals surface area (Å²) < 4.78 is 27.1. The number of rotatable bonds is 8. The van der Waals surface area contributed by atoms with E-state index in [4.69, 9.17) is 69.6 Å². The Balaban J connectivity index is 1.57. The number of carbonyl (C=O) groups is 3. The van der Waals surface area contributed by atoms with Crippen molar-refractivity contribution in [2.75, 3.05) is 5.32 Å². The van der Waals surface area contributed by atoms with Gasteiger partial charge in [-0.05, 0) is 66.4 Å². The monoisotopic (exact) mass is 665 g/mol. The van der Waals surface area contributed by atoms with E-state index in [2.05, 4.69) is 5.32 Å². The van der Waals surface area contributed by atoms with Gasteiger partial charge in [0.2, 0.25) is 5.91 Å². The second kappa shape index (κ2) is 11.7. The van der Waals surface area contributed by atoms with Gasteiger partial charge in [-0.1, -0.05) is 46.4 Å². The van der Waals surface area contributed by atoms with E-state index in [9.17, 15) is 23.2 Å². The molecule has 1 saturated carbocycles. The average molecular weight is 668 g/mol. The van der Waals surface area contributed by atoms with Crippen molar-refractivity contribution >= 4 is 92.8 Å². The molecule has 0 saturated heterocycles. The summed E-state index contributed by atoms with van der Waals surface area (Å²) in [6.07, 6.45) is -0.698. The Morgan fingerprint density at radius 2 is 1.43 bits per heavy atom. The van der Waals surface area contributed by atoms with Crippen LogP contribution in [0.3, 0.4) is 0 Å². The third kappa shape index (κ3) is 6.28. The molecule has 1 fully saturated rings. The van der Waals surface area contributed by atoms with Gasteiger partial charge < -0.3 is 5.32 Å². The first-order chi connectivity index (χ1) is 18.6. The van der Waals surface area contributed by atoms with Crippen molar-refractivity contribution in [2.24, 2.45) is 5.92 Å². The predicted molar refractivity (Wildman–Crippen MR) is 156 cm³/mol. The van der Waals surface area contributed by atoms with E-state index >= 15 is 0 Å². The Labute approximate surface area is 258 Å². The molecule has 0 spiro atoms. The van der Waals surface area contributed by atoms with E-state index in [0.29, 0.717) is 17.2 Å². The van der Waals surface area contributed by atoms with Gasteiger partial charge >= 0.3 is 0 Å². The Kier molecular flexibility index (Phi) is 9.11. The molecule has 0 bridgehead atoms. The van der Waals surface area contributed by atoms with Crippen LogP contribution in [0, 0.1) is 24.5 Å². The molecule has 4 rings (SSSR count). The van der Waals surface area contributed by atoms with E-state index in [0.717, 1.165) is 6.07 Å². The molecule has 0 unspecified atom stereocenters. The van der Waals surface area contributed by atoms with E-state index in [1.54, 1.807) is 13.0 Å². The van der Waals surface area contributed by atoms with E-state index in [-0.39, 0.29) is 54.7 Å². The molecule has 1 amide bonds. The lowest BCUT2D eigenvalue weighted by Crippen LogP contribution is -2.18. The minimum Gasteiger partial charge on any atom is -0.326 e. The number of alkyl halides is 2. The first-order valence-electron chi connectivity index (χ1n) is 11.7. The van der Waals surface area contributed by atoms with Crippen LogP contribution in [0.2, 0.25) is 20.1 Å². The average Bonchev–Trinajstić information content (AvgIpc) is 3.43. The number of hydrogen-bond donors (Lipinski definition) is 1. The van der Waals surface area contributed by atoms with Gasteiger partial charge in [-0.15, -0.1) is 23.2 Å². The highest BCUT2D eigenvalue weighted by Crippen LogP contribution is 2.65. The maximum atomic E-state index is 14.5. The molecule has 40 heavy (non-hydrogen) atoms. The van der Waals surface area contributed by atoms with Gasteiger partial charge in [-0.3, -0.25) is 14.4 Å². The number of Topliss-reactive ketones (excluding diaryl/α,β-unsaturated/α-hetero) is 2. The molecular weight excluding hydrogens is 649 g/mol. The molecule has 0 radical (unpaired) electrons. The van der Waals surface area contributed by atoms with Crippen LogP contribution in [0.25, 0.3) is 0 Å². The van der Waals surface area contributed by atoms with Crippen LogP contribution in [0.5, 0.6) is 0 Å². The van der Waals surface area contributed by atoms with Gasteiger partial charge in [0.05, 0.1) is 26.0 Å². The largest absolute Gasteiger partial charge is 0.326 e. The SMILES string of the molecule is CC(=O)Cc1cc(CC(=O)c2cc(NC(=O)[C@H]3[C@H](c4cc(Cl)c(Cl)c(Cl)c4)C3(Cl)Cl)cc(C)c2Cl)c(F)cc1F. The third-order valence-corrected chi connectivity index (χ3v) is 9.17. The zero-order valence-corrected chi connectivity index (χ0v) is 25.3. The molecule has 1 aliphatic rings. The van der Waals surface area contributed by atoms with Gasteiger partial charge in [0.15, 0.2) is 5.78 Å². The highest BCUT2D eigenvalue weighted by molar-refractivity contribution is 6.54. The Morgan fingerprint density at radius 1 is 0.850 bits per heavy atom. The molecule has 2 atom stereocenters. The summed E-state index contributed by atoms with van der Waals surface area (Å²) in [6.45, 7) is 2.90. The summed E-state index contributed by atoms with van der Waals surface area (Å²) in [6, 6.07) is 7.77. The first-order valence-corrected chi connectivity index (χ1v) is 14.0. The zero-order chi connectivity index (χ0) is 29.7. The smallest absolute Gasteiger partial charge is 0.231 e.